The number of hydrogen-bond donors (Lipinski definition) is 3. The van der Waals surface area contributed by atoms with Crippen molar-refractivity contribution in [3.05, 3.63) is 0 Å². The monoisotopic (exact) mass is 1590 g/mol. The molecule has 0 fully saturated rings. The minimum atomic E-state index is -4.97. The molecule has 3 N–H and O–H groups in total. The minimum Gasteiger partial charge on any atom is -0.462 e. The van der Waals surface area contributed by atoms with Crippen LogP contribution in [-0.4, -0.2) is 96.7 Å². The molecule has 0 aromatic heterocycles. The normalized spacial score (nSPS) is 14.6. The summed E-state index contributed by atoms with van der Waals surface area (Å²) in [7, 11) is -9.94. The van der Waals surface area contributed by atoms with Crippen LogP contribution in [0.25, 0.3) is 0 Å². The summed E-state index contributed by atoms with van der Waals surface area (Å²) in [5.74, 6) is 1.19. The first-order valence-electron chi connectivity index (χ1n) is 46.3. The molecule has 0 bridgehead atoms. The molecule has 19 heteroatoms. The lowest BCUT2D eigenvalue weighted by molar-refractivity contribution is -0.161. The SMILES string of the molecule is CCC(C)CCCCCCCCCCCCCCCCCCCCC(=O)O[C@H](COC(=O)CCCCCCCCCCCCCCCCC(C)CC)COP(=O)(O)OC[C@@H](O)COP(=O)(O)OC[C@@H](COC(=O)CCCCCCCCCCC(C)CC)OC(=O)CCCCCCCCCCCCCCCCC(C)C. The largest absolute Gasteiger partial charge is 0.472 e. The zero-order valence-corrected chi connectivity index (χ0v) is 74.0. The van der Waals surface area contributed by atoms with Gasteiger partial charge in [-0.15, -0.1) is 0 Å². The smallest absolute Gasteiger partial charge is 0.462 e. The fraction of sp³-hybridized carbons (Fsp3) is 0.956. The van der Waals surface area contributed by atoms with E-state index in [4.69, 9.17) is 37.0 Å². The summed E-state index contributed by atoms with van der Waals surface area (Å²) in [6.45, 7) is 14.5. The molecule has 8 atom stereocenters. The standard InChI is InChI=1S/C90H176O17P2/c1-9-81(6)67-59-51-43-35-29-23-16-14-12-13-15-17-26-32-38-48-56-64-72-89(94)106-85(76-100-87(92)70-62-54-46-37-31-25-21-19-24-30-36-44-52-60-68-82(7)10-2)78-104-108(96,97)102-74-84(91)75-103-109(98,99)105-79-86(77-101-88(93)71-63-55-47-41-40-45-53-61-69-83(8)11-3)107-90(95)73-65-57-49-39-33-27-20-18-22-28-34-42-50-58-66-80(4)5/h80-86,91H,9-79H2,1-8H3,(H,96,97)(H,98,99)/t81?,82?,83?,84-,85-,86-/m1/s1. The second-order valence-corrected chi connectivity index (χ2v) is 36.5. The molecular formula is C90H176O17P2. The molecule has 17 nitrogen and oxygen atoms in total. The van der Waals surface area contributed by atoms with E-state index in [1.165, 1.54) is 276 Å². The van der Waals surface area contributed by atoms with Gasteiger partial charge < -0.3 is 33.8 Å². The lowest BCUT2D eigenvalue weighted by Crippen LogP contribution is -2.30. The van der Waals surface area contributed by atoms with Gasteiger partial charge in [-0.25, -0.2) is 9.13 Å². The van der Waals surface area contributed by atoms with E-state index in [1.807, 2.05) is 0 Å². The number of rotatable bonds is 87. The third-order valence-corrected chi connectivity index (χ3v) is 24.1. The lowest BCUT2D eigenvalue weighted by Gasteiger charge is -2.21. The highest BCUT2D eigenvalue weighted by Gasteiger charge is 2.31. The molecule has 0 saturated carbocycles. The second-order valence-electron chi connectivity index (χ2n) is 33.5. The number of unbranched alkanes of at least 4 members (excludes halogenated alkanes) is 50. The highest BCUT2D eigenvalue weighted by atomic mass is 31.2. The zero-order valence-electron chi connectivity index (χ0n) is 72.2. The van der Waals surface area contributed by atoms with E-state index >= 15 is 0 Å². The van der Waals surface area contributed by atoms with Crippen LogP contribution in [0.1, 0.15) is 473 Å². The van der Waals surface area contributed by atoms with Crippen molar-refractivity contribution < 1.29 is 80.2 Å². The molecule has 0 rings (SSSR count). The van der Waals surface area contributed by atoms with Gasteiger partial charge in [-0.2, -0.15) is 0 Å². The van der Waals surface area contributed by atoms with E-state index in [0.717, 1.165) is 114 Å². The molecule has 0 aromatic carbocycles. The van der Waals surface area contributed by atoms with Gasteiger partial charge in [0, 0.05) is 25.7 Å². The summed E-state index contributed by atoms with van der Waals surface area (Å²) in [5, 5.41) is 10.7. The number of aliphatic hydroxyl groups excluding tert-OH is 1. The van der Waals surface area contributed by atoms with Gasteiger partial charge in [0.2, 0.25) is 0 Å². The average molecular weight is 1590 g/mol. The van der Waals surface area contributed by atoms with Crippen LogP contribution in [0, 0.1) is 23.7 Å². The molecule has 0 amide bonds. The quantitative estimate of drug-likeness (QED) is 0.0222. The highest BCUT2D eigenvalue weighted by Crippen LogP contribution is 2.45. The number of carbonyl (C=O) groups is 4. The van der Waals surface area contributed by atoms with Gasteiger partial charge in [0.1, 0.15) is 19.3 Å². The number of phosphoric acid groups is 2. The van der Waals surface area contributed by atoms with E-state index in [-0.39, 0.29) is 25.7 Å². The maximum Gasteiger partial charge on any atom is 0.472 e. The Morgan fingerprint density at radius 2 is 0.440 bits per heavy atom. The van der Waals surface area contributed by atoms with Crippen LogP contribution in [0.2, 0.25) is 0 Å². The van der Waals surface area contributed by atoms with Crippen LogP contribution >= 0.6 is 15.6 Å². The van der Waals surface area contributed by atoms with Gasteiger partial charge in [0.15, 0.2) is 12.2 Å². The van der Waals surface area contributed by atoms with Crippen molar-refractivity contribution in [2.24, 2.45) is 23.7 Å². The van der Waals surface area contributed by atoms with Gasteiger partial charge >= 0.3 is 39.5 Å². The maximum atomic E-state index is 13.2. The van der Waals surface area contributed by atoms with E-state index in [1.54, 1.807) is 0 Å². The number of carbonyl (C=O) groups excluding carboxylic acids is 4. The van der Waals surface area contributed by atoms with E-state index in [9.17, 15) is 43.2 Å². The molecule has 0 heterocycles. The van der Waals surface area contributed by atoms with E-state index in [0.29, 0.717) is 25.7 Å². The van der Waals surface area contributed by atoms with Crippen LogP contribution < -0.4 is 0 Å². The average Bonchev–Trinajstić information content (AvgIpc) is 0.898. The Kier molecular flexibility index (Phi) is 77.2. The van der Waals surface area contributed by atoms with E-state index < -0.39 is 97.5 Å². The predicted octanol–water partition coefficient (Wildman–Crippen LogP) is 27.5. The predicted molar refractivity (Wildman–Crippen MR) is 451 cm³/mol. The third kappa shape index (κ3) is 79.7. The summed E-state index contributed by atoms with van der Waals surface area (Å²) < 4.78 is 69.1. The number of aliphatic hydroxyl groups is 1. The molecule has 0 radical (unpaired) electrons. The van der Waals surface area contributed by atoms with Crippen molar-refractivity contribution in [3.63, 3.8) is 0 Å². The van der Waals surface area contributed by atoms with Crippen LogP contribution in [0.3, 0.4) is 0 Å². The van der Waals surface area contributed by atoms with Crippen molar-refractivity contribution in [2.75, 3.05) is 39.6 Å². The van der Waals surface area contributed by atoms with Crippen LogP contribution in [0.15, 0.2) is 0 Å². The maximum absolute atomic E-state index is 13.2. The summed E-state index contributed by atoms with van der Waals surface area (Å²) in [6, 6.07) is 0. The first kappa shape index (κ1) is 107. The number of esters is 4. The van der Waals surface area contributed by atoms with Gasteiger partial charge in [-0.3, -0.25) is 37.3 Å². The highest BCUT2D eigenvalue weighted by molar-refractivity contribution is 7.47. The summed E-state index contributed by atoms with van der Waals surface area (Å²) in [5.41, 5.74) is 0. The Hall–Kier alpha value is -1.94. The topological polar surface area (TPSA) is 237 Å². The molecular weight excluding hydrogens is 1410 g/mol. The van der Waals surface area contributed by atoms with Gasteiger partial charge in [0.05, 0.1) is 26.4 Å². The molecule has 0 aliphatic heterocycles. The fourth-order valence-electron chi connectivity index (χ4n) is 13.9. The van der Waals surface area contributed by atoms with Crippen molar-refractivity contribution in [1.82, 2.24) is 0 Å². The Bertz CT molecular complexity index is 2120. The Labute approximate surface area is 670 Å². The third-order valence-electron chi connectivity index (χ3n) is 22.2. The molecule has 109 heavy (non-hydrogen) atoms. The number of phosphoric ester groups is 2. The Morgan fingerprint density at radius 3 is 0.651 bits per heavy atom. The molecule has 0 aromatic rings. The minimum absolute atomic E-state index is 0.107. The molecule has 5 unspecified atom stereocenters. The molecule has 0 spiro atoms. The first-order valence-corrected chi connectivity index (χ1v) is 49.3. The van der Waals surface area contributed by atoms with Crippen molar-refractivity contribution >= 4 is 39.5 Å². The first-order chi connectivity index (χ1) is 52.7. The summed E-state index contributed by atoms with van der Waals surface area (Å²) in [4.78, 5) is 73.4. The molecule has 648 valence electrons. The van der Waals surface area contributed by atoms with E-state index in [2.05, 4.69) is 55.4 Å². The number of ether oxygens (including phenoxy) is 4. The second kappa shape index (κ2) is 78.6. The Balaban J connectivity index is 5.26. The zero-order chi connectivity index (χ0) is 80.2. The molecule has 0 aliphatic rings. The lowest BCUT2D eigenvalue weighted by atomic mass is 9.99. The van der Waals surface area contributed by atoms with Gasteiger partial charge in [-0.05, 0) is 49.4 Å². The van der Waals surface area contributed by atoms with Gasteiger partial charge in [-0.1, -0.05) is 421 Å². The van der Waals surface area contributed by atoms with Gasteiger partial charge in [0.25, 0.3) is 0 Å². The van der Waals surface area contributed by atoms with Crippen molar-refractivity contribution in [2.45, 2.75) is 491 Å². The molecule has 0 aliphatic carbocycles. The molecule has 0 saturated heterocycles. The summed E-state index contributed by atoms with van der Waals surface area (Å²) in [6.07, 6.45) is 69.2. The fourth-order valence-corrected chi connectivity index (χ4v) is 15.5. The Morgan fingerprint density at radius 1 is 0.257 bits per heavy atom. The van der Waals surface area contributed by atoms with Crippen LogP contribution in [0.5, 0.6) is 0 Å². The van der Waals surface area contributed by atoms with Crippen molar-refractivity contribution in [3.8, 4) is 0 Å². The number of hydrogen-bond acceptors (Lipinski definition) is 15. The van der Waals surface area contributed by atoms with Crippen LogP contribution in [-0.2, 0) is 65.4 Å². The summed E-state index contributed by atoms with van der Waals surface area (Å²) >= 11 is 0. The van der Waals surface area contributed by atoms with Crippen LogP contribution in [0.4, 0.5) is 0 Å². The van der Waals surface area contributed by atoms with Crippen molar-refractivity contribution in [1.29, 1.82) is 0 Å².